The standard InChI is InChI=1S/C13H12BrClN2O2/c1-19-12-5-8(4-9(14)13(12)18)6-17-11-7-16-3-2-10(11)15/h2-5,7,17-18H,6H2,1H3. The van der Waals surface area contributed by atoms with Crippen LogP contribution >= 0.6 is 27.5 Å². The Kier molecular flexibility index (Phi) is 4.50. The molecule has 0 aliphatic carbocycles. The minimum absolute atomic E-state index is 0.0886. The molecule has 0 spiro atoms. The van der Waals surface area contributed by atoms with Crippen LogP contribution in [0.2, 0.25) is 5.02 Å². The number of halogens is 2. The fourth-order valence-corrected chi connectivity index (χ4v) is 2.25. The number of phenolic OH excluding ortho intramolecular Hbond substituents is 1. The highest BCUT2D eigenvalue weighted by Crippen LogP contribution is 2.35. The molecule has 19 heavy (non-hydrogen) atoms. The maximum Gasteiger partial charge on any atom is 0.172 e. The topological polar surface area (TPSA) is 54.4 Å². The normalized spacial score (nSPS) is 10.3. The number of phenols is 1. The summed E-state index contributed by atoms with van der Waals surface area (Å²) in [5.41, 5.74) is 1.70. The highest BCUT2D eigenvalue weighted by atomic mass is 79.9. The van der Waals surface area contributed by atoms with Gasteiger partial charge in [-0.3, -0.25) is 4.98 Å². The Morgan fingerprint density at radius 3 is 2.95 bits per heavy atom. The molecule has 0 aliphatic rings. The van der Waals surface area contributed by atoms with Crippen LogP contribution in [-0.2, 0) is 6.54 Å². The molecule has 1 aromatic heterocycles. The van der Waals surface area contributed by atoms with E-state index >= 15 is 0 Å². The van der Waals surface area contributed by atoms with Crippen molar-refractivity contribution in [2.45, 2.75) is 6.54 Å². The summed E-state index contributed by atoms with van der Waals surface area (Å²) in [6.07, 6.45) is 3.29. The number of nitrogens with zero attached hydrogens (tertiary/aromatic N) is 1. The lowest BCUT2D eigenvalue weighted by atomic mass is 10.2. The van der Waals surface area contributed by atoms with Crippen molar-refractivity contribution < 1.29 is 9.84 Å². The fraction of sp³-hybridized carbons (Fsp3) is 0.154. The molecule has 1 heterocycles. The van der Waals surface area contributed by atoms with E-state index in [0.717, 1.165) is 11.3 Å². The lowest BCUT2D eigenvalue weighted by Gasteiger charge is -2.11. The van der Waals surface area contributed by atoms with E-state index < -0.39 is 0 Å². The van der Waals surface area contributed by atoms with Crippen LogP contribution in [0.4, 0.5) is 5.69 Å². The summed E-state index contributed by atoms with van der Waals surface area (Å²) in [7, 11) is 1.51. The summed E-state index contributed by atoms with van der Waals surface area (Å²) in [6.45, 7) is 0.542. The van der Waals surface area contributed by atoms with Gasteiger partial charge in [0, 0.05) is 12.7 Å². The highest BCUT2D eigenvalue weighted by molar-refractivity contribution is 9.10. The molecule has 2 aromatic rings. The third kappa shape index (κ3) is 3.30. The molecule has 0 unspecified atom stereocenters. The molecular weight excluding hydrogens is 332 g/mol. The third-order valence-electron chi connectivity index (χ3n) is 2.56. The molecule has 0 atom stereocenters. The summed E-state index contributed by atoms with van der Waals surface area (Å²) in [5.74, 6) is 0.508. The lowest BCUT2D eigenvalue weighted by Crippen LogP contribution is -2.01. The van der Waals surface area contributed by atoms with E-state index in [0.29, 0.717) is 21.8 Å². The van der Waals surface area contributed by atoms with Crippen molar-refractivity contribution in [1.29, 1.82) is 0 Å². The van der Waals surface area contributed by atoms with Gasteiger partial charge in [0.2, 0.25) is 0 Å². The summed E-state index contributed by atoms with van der Waals surface area (Å²) >= 11 is 9.31. The molecule has 0 radical (unpaired) electrons. The van der Waals surface area contributed by atoms with Crippen LogP contribution < -0.4 is 10.1 Å². The molecule has 0 bridgehead atoms. The first-order chi connectivity index (χ1) is 9.11. The number of hydrogen-bond acceptors (Lipinski definition) is 4. The van der Waals surface area contributed by atoms with Gasteiger partial charge in [0.15, 0.2) is 11.5 Å². The molecular formula is C13H12BrClN2O2. The van der Waals surface area contributed by atoms with Gasteiger partial charge in [0.25, 0.3) is 0 Å². The fourth-order valence-electron chi connectivity index (χ4n) is 1.59. The monoisotopic (exact) mass is 342 g/mol. The second-order valence-electron chi connectivity index (χ2n) is 3.84. The van der Waals surface area contributed by atoms with E-state index in [4.69, 9.17) is 16.3 Å². The van der Waals surface area contributed by atoms with Crippen LogP contribution in [0.5, 0.6) is 11.5 Å². The van der Waals surface area contributed by atoms with E-state index in [9.17, 15) is 5.11 Å². The van der Waals surface area contributed by atoms with Gasteiger partial charge in [0.05, 0.1) is 28.5 Å². The summed E-state index contributed by atoms with van der Waals surface area (Å²) in [5, 5.41) is 13.5. The highest BCUT2D eigenvalue weighted by Gasteiger charge is 2.08. The van der Waals surface area contributed by atoms with Crippen LogP contribution in [0.3, 0.4) is 0 Å². The Labute approximate surface area is 124 Å². The molecule has 1 aromatic carbocycles. The Balaban J connectivity index is 2.16. The molecule has 0 aliphatic heterocycles. The number of hydrogen-bond donors (Lipinski definition) is 2. The number of pyridine rings is 1. The van der Waals surface area contributed by atoms with Gasteiger partial charge in [-0.2, -0.15) is 0 Å². The van der Waals surface area contributed by atoms with E-state index in [1.165, 1.54) is 7.11 Å². The maximum absolute atomic E-state index is 9.73. The Morgan fingerprint density at radius 2 is 2.26 bits per heavy atom. The number of benzene rings is 1. The van der Waals surface area contributed by atoms with E-state index in [1.54, 1.807) is 24.5 Å². The lowest BCUT2D eigenvalue weighted by molar-refractivity contribution is 0.371. The Hall–Kier alpha value is -1.46. The van der Waals surface area contributed by atoms with Crippen molar-refractivity contribution in [2.24, 2.45) is 0 Å². The van der Waals surface area contributed by atoms with Gasteiger partial charge in [-0.1, -0.05) is 11.6 Å². The van der Waals surface area contributed by atoms with Crippen molar-refractivity contribution in [3.05, 3.63) is 45.7 Å². The SMILES string of the molecule is COc1cc(CNc2cnccc2Cl)cc(Br)c1O. The number of nitrogens with one attached hydrogen (secondary N) is 1. The average Bonchev–Trinajstić information content (AvgIpc) is 2.41. The zero-order chi connectivity index (χ0) is 13.8. The summed E-state index contributed by atoms with van der Waals surface area (Å²) < 4.78 is 5.68. The van der Waals surface area contributed by atoms with E-state index in [2.05, 4.69) is 26.2 Å². The van der Waals surface area contributed by atoms with Gasteiger partial charge in [-0.15, -0.1) is 0 Å². The minimum atomic E-state index is 0.0886. The van der Waals surface area contributed by atoms with Crippen LogP contribution in [0.1, 0.15) is 5.56 Å². The van der Waals surface area contributed by atoms with Gasteiger partial charge >= 0.3 is 0 Å². The van der Waals surface area contributed by atoms with Crippen molar-refractivity contribution in [3.8, 4) is 11.5 Å². The molecule has 0 saturated carbocycles. The van der Waals surface area contributed by atoms with Crippen LogP contribution in [-0.4, -0.2) is 17.2 Å². The largest absolute Gasteiger partial charge is 0.503 e. The number of methoxy groups -OCH3 is 1. The smallest absolute Gasteiger partial charge is 0.172 e. The summed E-state index contributed by atoms with van der Waals surface area (Å²) in [6, 6.07) is 5.30. The van der Waals surface area contributed by atoms with Crippen LogP contribution in [0.25, 0.3) is 0 Å². The first-order valence-electron chi connectivity index (χ1n) is 5.50. The average molecular weight is 344 g/mol. The molecule has 0 saturated heterocycles. The Bertz CT molecular complexity index is 593. The minimum Gasteiger partial charge on any atom is -0.503 e. The zero-order valence-electron chi connectivity index (χ0n) is 10.2. The van der Waals surface area contributed by atoms with Gasteiger partial charge < -0.3 is 15.2 Å². The number of ether oxygens (including phenoxy) is 1. The first kappa shape index (κ1) is 14.0. The second-order valence-corrected chi connectivity index (χ2v) is 5.10. The van der Waals surface area contributed by atoms with Crippen molar-refractivity contribution in [3.63, 3.8) is 0 Å². The molecule has 2 rings (SSSR count). The van der Waals surface area contributed by atoms with Gasteiger partial charge in [0.1, 0.15) is 0 Å². The van der Waals surface area contributed by atoms with Crippen LogP contribution in [0, 0.1) is 0 Å². The van der Waals surface area contributed by atoms with Gasteiger partial charge in [-0.25, -0.2) is 0 Å². The zero-order valence-corrected chi connectivity index (χ0v) is 12.5. The molecule has 2 N–H and O–H groups in total. The molecule has 6 heteroatoms. The number of aromatic hydroxyl groups is 1. The van der Waals surface area contributed by atoms with Gasteiger partial charge in [-0.05, 0) is 39.7 Å². The molecule has 0 fully saturated rings. The summed E-state index contributed by atoms with van der Waals surface area (Å²) in [4.78, 5) is 4.00. The quantitative estimate of drug-likeness (QED) is 0.886. The van der Waals surface area contributed by atoms with Crippen molar-refractivity contribution in [1.82, 2.24) is 4.98 Å². The number of rotatable bonds is 4. The van der Waals surface area contributed by atoms with E-state index in [-0.39, 0.29) is 5.75 Å². The predicted octanol–water partition coefficient (Wildman–Crippen LogP) is 3.82. The third-order valence-corrected chi connectivity index (χ3v) is 3.49. The second kappa shape index (κ2) is 6.12. The van der Waals surface area contributed by atoms with Crippen molar-refractivity contribution in [2.75, 3.05) is 12.4 Å². The predicted molar refractivity (Wildman–Crippen MR) is 78.9 cm³/mol. The number of aromatic nitrogens is 1. The number of anilines is 1. The maximum atomic E-state index is 9.73. The van der Waals surface area contributed by atoms with Crippen LogP contribution in [0.15, 0.2) is 35.1 Å². The van der Waals surface area contributed by atoms with Crippen molar-refractivity contribution >= 4 is 33.2 Å². The molecule has 100 valence electrons. The van der Waals surface area contributed by atoms with E-state index in [1.807, 2.05) is 6.07 Å². The Morgan fingerprint density at radius 1 is 1.47 bits per heavy atom. The molecule has 4 nitrogen and oxygen atoms in total. The molecule has 0 amide bonds. The first-order valence-corrected chi connectivity index (χ1v) is 6.67.